The average molecular weight is 531 g/mol. The van der Waals surface area contributed by atoms with E-state index >= 15 is 0 Å². The summed E-state index contributed by atoms with van der Waals surface area (Å²) in [7, 11) is 0. The zero-order valence-electron chi connectivity index (χ0n) is 22.5. The van der Waals surface area contributed by atoms with Crippen molar-refractivity contribution >= 4 is 34.2 Å². The minimum Gasteiger partial charge on any atom is -0.338 e. The van der Waals surface area contributed by atoms with E-state index in [2.05, 4.69) is 27.8 Å². The van der Waals surface area contributed by atoms with Crippen molar-refractivity contribution in [1.29, 1.82) is 0 Å². The van der Waals surface area contributed by atoms with Gasteiger partial charge in [-0.15, -0.1) is 0 Å². The molecule has 1 aromatic heterocycles. The number of hydrogen-bond donors (Lipinski definition) is 3. The van der Waals surface area contributed by atoms with Crippen LogP contribution in [0.5, 0.6) is 0 Å². The molecule has 5 fully saturated rings. The Morgan fingerprint density at radius 2 is 1.45 bits per heavy atom. The number of benzene rings is 3. The predicted octanol–water partition coefficient (Wildman–Crippen LogP) is 7.13. The number of nitrogens with zero attached hydrogens (tertiary/aromatic N) is 1. The van der Waals surface area contributed by atoms with Gasteiger partial charge in [0.1, 0.15) is 5.82 Å². The Hall–Kier alpha value is -3.93. The highest BCUT2D eigenvalue weighted by atomic mass is 16.2. The molecule has 4 bridgehead atoms. The van der Waals surface area contributed by atoms with Crippen LogP contribution in [0.25, 0.3) is 22.4 Å². The number of fused-ring (bicyclic) bond motifs is 1. The largest absolute Gasteiger partial charge is 0.338 e. The van der Waals surface area contributed by atoms with E-state index in [9.17, 15) is 9.59 Å². The van der Waals surface area contributed by atoms with Crippen molar-refractivity contribution < 1.29 is 9.59 Å². The van der Waals surface area contributed by atoms with E-state index in [0.717, 1.165) is 77.2 Å². The third-order valence-electron chi connectivity index (χ3n) is 10.0. The predicted molar refractivity (Wildman–Crippen MR) is 157 cm³/mol. The Morgan fingerprint density at radius 3 is 2.15 bits per heavy atom. The first-order chi connectivity index (χ1) is 19.5. The van der Waals surface area contributed by atoms with Crippen LogP contribution in [-0.2, 0) is 9.59 Å². The molecule has 3 N–H and O–H groups in total. The molecule has 0 spiro atoms. The summed E-state index contributed by atoms with van der Waals surface area (Å²) in [6, 6.07) is 24.0. The van der Waals surface area contributed by atoms with Crippen LogP contribution in [0, 0.1) is 29.1 Å². The number of aromatic nitrogens is 2. The summed E-state index contributed by atoms with van der Waals surface area (Å²) >= 11 is 0. The van der Waals surface area contributed by atoms with Crippen LogP contribution in [0.1, 0.15) is 56.4 Å². The molecule has 0 aliphatic heterocycles. The summed E-state index contributed by atoms with van der Waals surface area (Å²) in [5, 5.41) is 6.34. The molecular formula is C34H34N4O2. The second-order valence-corrected chi connectivity index (χ2v) is 12.9. The van der Waals surface area contributed by atoms with Gasteiger partial charge in [0.05, 0.1) is 16.4 Å². The van der Waals surface area contributed by atoms with Gasteiger partial charge in [0.15, 0.2) is 0 Å². The number of imidazole rings is 1. The van der Waals surface area contributed by atoms with Gasteiger partial charge in [-0.05, 0) is 117 Å². The van der Waals surface area contributed by atoms with E-state index in [-0.39, 0.29) is 23.1 Å². The van der Waals surface area contributed by atoms with Crippen LogP contribution in [0.4, 0.5) is 11.4 Å². The van der Waals surface area contributed by atoms with Crippen LogP contribution >= 0.6 is 0 Å². The zero-order chi connectivity index (χ0) is 26.8. The summed E-state index contributed by atoms with van der Waals surface area (Å²) in [5.41, 5.74) is 5.38. The monoisotopic (exact) mass is 530 g/mol. The van der Waals surface area contributed by atoms with Gasteiger partial charge in [-0.3, -0.25) is 9.59 Å². The van der Waals surface area contributed by atoms with E-state index in [4.69, 9.17) is 4.98 Å². The van der Waals surface area contributed by atoms with Gasteiger partial charge in [0, 0.05) is 22.9 Å². The molecule has 40 heavy (non-hydrogen) atoms. The number of anilines is 2. The van der Waals surface area contributed by atoms with Gasteiger partial charge in [-0.1, -0.05) is 30.3 Å². The van der Waals surface area contributed by atoms with Crippen molar-refractivity contribution in [2.75, 3.05) is 10.6 Å². The minimum atomic E-state index is -0.152. The lowest BCUT2D eigenvalue weighted by molar-refractivity contribution is -0.140. The molecule has 3 aromatic carbocycles. The first-order valence-electron chi connectivity index (χ1n) is 14.8. The van der Waals surface area contributed by atoms with Gasteiger partial charge in [0.2, 0.25) is 11.8 Å². The Labute approximate surface area is 234 Å². The minimum absolute atomic E-state index is 0.0253. The van der Waals surface area contributed by atoms with E-state index in [1.54, 1.807) is 0 Å². The van der Waals surface area contributed by atoms with Crippen molar-refractivity contribution in [1.82, 2.24) is 9.97 Å². The van der Waals surface area contributed by atoms with Crippen LogP contribution < -0.4 is 10.6 Å². The van der Waals surface area contributed by atoms with Gasteiger partial charge in [-0.25, -0.2) is 4.98 Å². The number of amides is 2. The molecule has 5 aliphatic rings. The first-order valence-corrected chi connectivity index (χ1v) is 14.8. The highest BCUT2D eigenvalue weighted by Crippen LogP contribution is 2.60. The molecule has 2 amide bonds. The maximum absolute atomic E-state index is 13.4. The maximum Gasteiger partial charge on any atom is 0.230 e. The Morgan fingerprint density at radius 1 is 0.775 bits per heavy atom. The molecule has 4 aromatic rings. The molecule has 0 saturated heterocycles. The summed E-state index contributed by atoms with van der Waals surface area (Å²) in [5.74, 6) is 3.65. The molecule has 5 saturated carbocycles. The topological polar surface area (TPSA) is 86.9 Å². The van der Waals surface area contributed by atoms with Crippen LogP contribution in [0.15, 0.2) is 72.8 Å². The number of carbonyl (C=O) groups excluding carboxylic acids is 2. The van der Waals surface area contributed by atoms with Gasteiger partial charge >= 0.3 is 0 Å². The number of hydrogen-bond acceptors (Lipinski definition) is 3. The van der Waals surface area contributed by atoms with Crippen LogP contribution in [0.2, 0.25) is 0 Å². The molecule has 2 atom stereocenters. The molecule has 6 nitrogen and oxygen atoms in total. The highest BCUT2D eigenvalue weighted by molar-refractivity contribution is 5.97. The lowest BCUT2D eigenvalue weighted by atomic mass is 9.49. The Balaban J connectivity index is 0.936. The molecule has 9 rings (SSSR count). The lowest BCUT2D eigenvalue weighted by Gasteiger charge is -2.55. The standard InChI is InChI=1S/C34H34N4O2/c39-32(28-16-27(28)23-4-2-1-3-5-23)35-26-10-11-29-30(15-26)38-31(37-29)24-6-8-25(9-7-24)36-33(40)34-17-20-12-21(18-34)14-22(13-20)19-34/h1-11,15,20-22,27-28H,12-14,16-19H2,(H,35,39)(H,36,40)(H,37,38). The van der Waals surface area contributed by atoms with Gasteiger partial charge < -0.3 is 15.6 Å². The zero-order valence-corrected chi connectivity index (χ0v) is 22.5. The smallest absolute Gasteiger partial charge is 0.230 e. The van der Waals surface area contributed by atoms with Gasteiger partial charge in [-0.2, -0.15) is 0 Å². The molecule has 6 heteroatoms. The van der Waals surface area contributed by atoms with Crippen LogP contribution in [-0.4, -0.2) is 21.8 Å². The van der Waals surface area contributed by atoms with E-state index in [1.807, 2.05) is 60.7 Å². The second kappa shape index (κ2) is 9.05. The van der Waals surface area contributed by atoms with Crippen molar-refractivity contribution in [3.8, 4) is 11.4 Å². The van der Waals surface area contributed by atoms with Crippen molar-refractivity contribution in [3.63, 3.8) is 0 Å². The number of carbonyl (C=O) groups is 2. The number of rotatable bonds is 6. The lowest BCUT2D eigenvalue weighted by Crippen LogP contribution is -2.51. The third-order valence-corrected chi connectivity index (χ3v) is 10.0. The SMILES string of the molecule is O=C(Nc1ccc2nc(-c3ccc(NC(=O)C45CC6CC(CC(C6)C4)C5)cc3)[nH]c2c1)C1CC1c1ccccc1. The fourth-order valence-corrected chi connectivity index (χ4v) is 8.38. The van der Waals surface area contributed by atoms with Gasteiger partial charge in [0.25, 0.3) is 0 Å². The summed E-state index contributed by atoms with van der Waals surface area (Å²) in [4.78, 5) is 34.4. The Bertz CT molecular complexity index is 1570. The number of aromatic amines is 1. The molecule has 202 valence electrons. The molecule has 0 radical (unpaired) electrons. The quantitative estimate of drug-likeness (QED) is 0.248. The number of nitrogens with one attached hydrogen (secondary N) is 3. The van der Waals surface area contributed by atoms with E-state index in [0.29, 0.717) is 5.92 Å². The third kappa shape index (κ3) is 4.21. The first kappa shape index (κ1) is 23.9. The summed E-state index contributed by atoms with van der Waals surface area (Å²) < 4.78 is 0. The van der Waals surface area contributed by atoms with E-state index in [1.165, 1.54) is 24.8 Å². The number of H-pyrrole nitrogens is 1. The fraction of sp³-hybridized carbons (Fsp3) is 0.382. The van der Waals surface area contributed by atoms with Crippen molar-refractivity contribution in [3.05, 3.63) is 78.4 Å². The fourth-order valence-electron chi connectivity index (χ4n) is 8.38. The molecule has 2 unspecified atom stereocenters. The summed E-state index contributed by atoms with van der Waals surface area (Å²) in [6.07, 6.45) is 8.10. The maximum atomic E-state index is 13.4. The van der Waals surface area contributed by atoms with Crippen molar-refractivity contribution in [2.45, 2.75) is 50.9 Å². The Kier molecular flexibility index (Phi) is 5.41. The van der Waals surface area contributed by atoms with Crippen LogP contribution in [0.3, 0.4) is 0 Å². The molecule has 5 aliphatic carbocycles. The van der Waals surface area contributed by atoms with E-state index < -0.39 is 0 Å². The second-order valence-electron chi connectivity index (χ2n) is 12.9. The molecule has 1 heterocycles. The highest BCUT2D eigenvalue weighted by Gasteiger charge is 2.54. The summed E-state index contributed by atoms with van der Waals surface area (Å²) in [6.45, 7) is 0. The molecular weight excluding hydrogens is 496 g/mol. The average Bonchev–Trinajstić information content (AvgIpc) is 3.65. The van der Waals surface area contributed by atoms with Crippen molar-refractivity contribution in [2.24, 2.45) is 29.1 Å². The normalized spacial score (nSPS) is 29.9.